The zero-order valence-corrected chi connectivity index (χ0v) is 9.38. The van der Waals surface area contributed by atoms with Gasteiger partial charge in [-0.05, 0) is 18.2 Å². The molecule has 0 aromatic heterocycles. The second-order valence-electron chi connectivity index (χ2n) is 3.42. The van der Waals surface area contributed by atoms with Crippen molar-refractivity contribution in [1.82, 2.24) is 0 Å². The Kier molecular flexibility index (Phi) is 4.30. The van der Waals surface area contributed by atoms with Crippen LogP contribution in [0.15, 0.2) is 18.2 Å². The fourth-order valence-corrected chi connectivity index (χ4v) is 1.27. The van der Waals surface area contributed by atoms with Gasteiger partial charge in [-0.15, -0.1) is 0 Å². The number of carbonyl (C=O) groups is 2. The predicted octanol–water partition coefficient (Wildman–Crippen LogP) is 2.40. The molecular weight excluding hydrogens is 251 g/mol. The first-order chi connectivity index (χ1) is 8.35. The van der Waals surface area contributed by atoms with Crippen molar-refractivity contribution in [2.45, 2.75) is 12.6 Å². The number of nitrogens with one attached hydrogen (secondary N) is 1. The van der Waals surface area contributed by atoms with Crippen LogP contribution in [0.25, 0.3) is 0 Å². The summed E-state index contributed by atoms with van der Waals surface area (Å²) in [6.45, 7) is 0. The molecule has 0 heterocycles. The Balaban J connectivity index is 2.88. The molecule has 0 atom stereocenters. The van der Waals surface area contributed by atoms with Gasteiger partial charge in [0.2, 0.25) is 5.91 Å². The average molecular weight is 261 g/mol. The van der Waals surface area contributed by atoms with E-state index in [1.807, 2.05) is 5.32 Å². The molecular formula is C11H10F3NO3. The third kappa shape index (κ3) is 4.08. The summed E-state index contributed by atoms with van der Waals surface area (Å²) in [5, 5.41) is 2.05. The third-order valence-electron chi connectivity index (χ3n) is 1.99. The fraction of sp³-hybridized carbons (Fsp3) is 0.273. The molecule has 18 heavy (non-hydrogen) atoms. The molecule has 0 radical (unpaired) electrons. The molecule has 98 valence electrons. The van der Waals surface area contributed by atoms with Crippen LogP contribution in [-0.4, -0.2) is 25.5 Å². The lowest BCUT2D eigenvalue weighted by Crippen LogP contribution is -2.21. The summed E-state index contributed by atoms with van der Waals surface area (Å²) in [7, 11) is 1.30. The van der Waals surface area contributed by atoms with Crippen LogP contribution in [0.2, 0.25) is 0 Å². The number of alkyl halides is 3. The molecule has 0 saturated heterocycles. The van der Waals surface area contributed by atoms with Crippen molar-refractivity contribution in [2.75, 3.05) is 12.4 Å². The summed E-state index contributed by atoms with van der Waals surface area (Å²) in [6, 6.07) is 4.04. The van der Waals surface area contributed by atoms with E-state index in [1.54, 1.807) is 0 Å². The molecule has 0 aliphatic carbocycles. The van der Waals surface area contributed by atoms with Crippen molar-refractivity contribution >= 4 is 17.9 Å². The normalized spacial score (nSPS) is 10.9. The van der Waals surface area contributed by atoms with Crippen LogP contribution < -0.4 is 10.1 Å². The van der Waals surface area contributed by atoms with Gasteiger partial charge in [0.15, 0.2) is 0 Å². The zero-order chi connectivity index (χ0) is 13.8. The molecule has 1 rings (SSSR count). The largest absolute Gasteiger partial charge is 0.495 e. The highest BCUT2D eigenvalue weighted by Crippen LogP contribution is 2.26. The standard InChI is InChI=1S/C11H10F3NO3/c1-18-9-3-2-7(6-16)4-8(9)15-10(17)5-11(12,13)14/h2-4,6H,5H2,1H3,(H,15,17). The minimum absolute atomic E-state index is 0.0244. The van der Waals surface area contributed by atoms with Gasteiger partial charge >= 0.3 is 6.18 Å². The fourth-order valence-electron chi connectivity index (χ4n) is 1.27. The van der Waals surface area contributed by atoms with Crippen LogP contribution >= 0.6 is 0 Å². The van der Waals surface area contributed by atoms with Gasteiger partial charge in [0.25, 0.3) is 0 Å². The topological polar surface area (TPSA) is 55.4 Å². The molecule has 0 bridgehead atoms. The number of hydrogen-bond acceptors (Lipinski definition) is 3. The highest BCUT2D eigenvalue weighted by molar-refractivity contribution is 5.93. The Morgan fingerprint density at radius 2 is 2.11 bits per heavy atom. The number of rotatable bonds is 4. The number of aldehydes is 1. The molecule has 1 amide bonds. The molecule has 7 heteroatoms. The first kappa shape index (κ1) is 14.0. The number of halogens is 3. The lowest BCUT2D eigenvalue weighted by molar-refractivity contribution is -0.150. The van der Waals surface area contributed by atoms with Crippen molar-refractivity contribution < 1.29 is 27.5 Å². The molecule has 0 aliphatic rings. The monoisotopic (exact) mass is 261 g/mol. The number of hydrogen-bond donors (Lipinski definition) is 1. The van der Waals surface area contributed by atoms with Crippen molar-refractivity contribution in [1.29, 1.82) is 0 Å². The summed E-state index contributed by atoms with van der Waals surface area (Å²) in [5.41, 5.74) is 0.245. The van der Waals surface area contributed by atoms with Crippen LogP contribution in [-0.2, 0) is 4.79 Å². The van der Waals surface area contributed by atoms with Gasteiger partial charge in [0, 0.05) is 5.56 Å². The maximum atomic E-state index is 12.0. The van der Waals surface area contributed by atoms with E-state index in [1.165, 1.54) is 25.3 Å². The van der Waals surface area contributed by atoms with Crippen LogP contribution in [0.5, 0.6) is 5.75 Å². The zero-order valence-electron chi connectivity index (χ0n) is 9.38. The summed E-state index contributed by atoms with van der Waals surface area (Å²) in [5.74, 6) is -1.04. The van der Waals surface area contributed by atoms with E-state index in [4.69, 9.17) is 4.74 Å². The minimum atomic E-state index is -4.58. The number of methoxy groups -OCH3 is 1. The minimum Gasteiger partial charge on any atom is -0.495 e. The third-order valence-corrected chi connectivity index (χ3v) is 1.99. The van der Waals surface area contributed by atoms with E-state index in [2.05, 4.69) is 0 Å². The molecule has 0 unspecified atom stereocenters. The SMILES string of the molecule is COc1ccc(C=O)cc1NC(=O)CC(F)(F)F. The maximum absolute atomic E-state index is 12.0. The maximum Gasteiger partial charge on any atom is 0.397 e. The van der Waals surface area contributed by atoms with Gasteiger partial charge in [-0.1, -0.05) is 0 Å². The van der Waals surface area contributed by atoms with E-state index < -0.39 is 18.5 Å². The van der Waals surface area contributed by atoms with Gasteiger partial charge in [0.05, 0.1) is 12.8 Å². The van der Waals surface area contributed by atoms with Crippen molar-refractivity contribution in [3.05, 3.63) is 23.8 Å². The van der Waals surface area contributed by atoms with Crippen molar-refractivity contribution in [3.8, 4) is 5.75 Å². The molecule has 1 N–H and O–H groups in total. The number of carbonyl (C=O) groups excluding carboxylic acids is 2. The molecule has 0 spiro atoms. The highest BCUT2D eigenvalue weighted by atomic mass is 19.4. The Morgan fingerprint density at radius 1 is 1.44 bits per heavy atom. The summed E-state index contributed by atoms with van der Waals surface area (Å²) >= 11 is 0. The Hall–Kier alpha value is -2.05. The lowest BCUT2D eigenvalue weighted by atomic mass is 10.2. The van der Waals surface area contributed by atoms with E-state index in [9.17, 15) is 22.8 Å². The smallest absolute Gasteiger partial charge is 0.397 e. The second-order valence-corrected chi connectivity index (χ2v) is 3.42. The summed E-state index contributed by atoms with van der Waals surface area (Å²) in [4.78, 5) is 21.7. The molecule has 0 aliphatic heterocycles. The molecule has 0 fully saturated rings. The first-order valence-electron chi connectivity index (χ1n) is 4.85. The summed E-state index contributed by atoms with van der Waals surface area (Å²) < 4.78 is 40.8. The molecule has 1 aromatic rings. The highest BCUT2D eigenvalue weighted by Gasteiger charge is 2.31. The predicted molar refractivity (Wildman–Crippen MR) is 57.7 cm³/mol. The second kappa shape index (κ2) is 5.52. The van der Waals surface area contributed by atoms with Crippen LogP contribution in [0.4, 0.5) is 18.9 Å². The van der Waals surface area contributed by atoms with E-state index in [0.717, 1.165) is 0 Å². The van der Waals surface area contributed by atoms with Gasteiger partial charge in [-0.3, -0.25) is 9.59 Å². The van der Waals surface area contributed by atoms with E-state index in [0.29, 0.717) is 6.29 Å². The molecule has 1 aromatic carbocycles. The molecule has 0 saturated carbocycles. The van der Waals surface area contributed by atoms with Crippen LogP contribution in [0.1, 0.15) is 16.8 Å². The number of anilines is 1. The van der Waals surface area contributed by atoms with Gasteiger partial charge in [-0.25, -0.2) is 0 Å². The van der Waals surface area contributed by atoms with E-state index >= 15 is 0 Å². The molecule has 4 nitrogen and oxygen atoms in total. The quantitative estimate of drug-likeness (QED) is 0.847. The number of ether oxygens (including phenoxy) is 1. The van der Waals surface area contributed by atoms with Crippen LogP contribution in [0, 0.1) is 0 Å². The van der Waals surface area contributed by atoms with Crippen molar-refractivity contribution in [2.24, 2.45) is 0 Å². The Bertz CT molecular complexity index is 457. The lowest BCUT2D eigenvalue weighted by Gasteiger charge is -2.11. The van der Waals surface area contributed by atoms with Crippen LogP contribution in [0.3, 0.4) is 0 Å². The van der Waals surface area contributed by atoms with Gasteiger partial charge in [0.1, 0.15) is 18.5 Å². The average Bonchev–Trinajstić information content (AvgIpc) is 2.26. The first-order valence-corrected chi connectivity index (χ1v) is 4.85. The number of benzene rings is 1. The van der Waals surface area contributed by atoms with Gasteiger partial charge < -0.3 is 10.1 Å². The Labute approximate surface area is 101 Å². The summed E-state index contributed by atoms with van der Waals surface area (Å²) in [6.07, 6.45) is -5.67. The van der Waals surface area contributed by atoms with Gasteiger partial charge in [-0.2, -0.15) is 13.2 Å². The number of amides is 1. The van der Waals surface area contributed by atoms with Crippen molar-refractivity contribution in [3.63, 3.8) is 0 Å². The van der Waals surface area contributed by atoms with E-state index in [-0.39, 0.29) is 17.0 Å². The Morgan fingerprint density at radius 3 is 2.61 bits per heavy atom.